The molecule has 1 aliphatic rings. The van der Waals surface area contributed by atoms with Gasteiger partial charge in [0, 0.05) is 35.9 Å². The Bertz CT molecular complexity index is 718. The van der Waals surface area contributed by atoms with Crippen LogP contribution in [0.1, 0.15) is 63.1 Å². The molecule has 1 aliphatic carbocycles. The molecule has 1 saturated carbocycles. The van der Waals surface area contributed by atoms with Crippen LogP contribution < -0.4 is 0 Å². The Morgan fingerprint density at radius 3 is 2.73 bits per heavy atom. The van der Waals surface area contributed by atoms with Crippen molar-refractivity contribution in [1.82, 2.24) is 9.47 Å². The number of benzene rings is 1. The maximum atomic E-state index is 12.8. The van der Waals surface area contributed by atoms with Crippen molar-refractivity contribution >= 4 is 17.5 Å². The molecule has 0 aliphatic heterocycles. The van der Waals surface area contributed by atoms with E-state index in [9.17, 15) is 4.79 Å². The van der Waals surface area contributed by atoms with Gasteiger partial charge in [-0.15, -0.1) is 0 Å². The van der Waals surface area contributed by atoms with E-state index in [0.29, 0.717) is 24.9 Å². The summed E-state index contributed by atoms with van der Waals surface area (Å²) in [6, 6.07) is 12.6. The Kier molecular flexibility index (Phi) is 6.79. The van der Waals surface area contributed by atoms with Crippen molar-refractivity contribution in [1.29, 1.82) is 0 Å². The van der Waals surface area contributed by atoms with E-state index >= 15 is 0 Å². The molecular weight excluding hydrogens is 344 g/mol. The molecule has 3 nitrogen and oxygen atoms in total. The van der Waals surface area contributed by atoms with Crippen LogP contribution in [0.2, 0.25) is 5.02 Å². The largest absolute Gasteiger partial charge is 0.345 e. The SMILES string of the molecule is CCCC(=O)N(Cc1cccn1Cc1cccc(Cl)c1)C1CCCCC1. The molecule has 1 amide bonds. The van der Waals surface area contributed by atoms with Gasteiger partial charge in [-0.25, -0.2) is 0 Å². The highest BCUT2D eigenvalue weighted by atomic mass is 35.5. The predicted molar refractivity (Wildman–Crippen MR) is 107 cm³/mol. The van der Waals surface area contributed by atoms with Crippen molar-refractivity contribution in [2.24, 2.45) is 0 Å². The molecule has 26 heavy (non-hydrogen) atoms. The fourth-order valence-corrected chi connectivity index (χ4v) is 4.14. The van der Waals surface area contributed by atoms with Crippen molar-refractivity contribution < 1.29 is 4.79 Å². The summed E-state index contributed by atoms with van der Waals surface area (Å²) in [5.74, 6) is 0.301. The maximum absolute atomic E-state index is 12.8. The average Bonchev–Trinajstić information content (AvgIpc) is 3.07. The van der Waals surface area contributed by atoms with Crippen LogP contribution in [-0.4, -0.2) is 21.4 Å². The van der Waals surface area contributed by atoms with Crippen molar-refractivity contribution in [3.05, 3.63) is 58.9 Å². The molecular formula is C22H29ClN2O. The minimum absolute atomic E-state index is 0.301. The summed E-state index contributed by atoms with van der Waals surface area (Å²) in [6.45, 7) is 3.57. The molecule has 0 bridgehead atoms. The van der Waals surface area contributed by atoms with E-state index in [1.54, 1.807) is 0 Å². The van der Waals surface area contributed by atoms with E-state index in [0.717, 1.165) is 30.8 Å². The Morgan fingerprint density at radius 2 is 2.00 bits per heavy atom. The molecule has 0 unspecified atom stereocenters. The summed E-state index contributed by atoms with van der Waals surface area (Å²) in [4.78, 5) is 14.9. The molecule has 0 N–H and O–H groups in total. The number of carbonyl (C=O) groups is 1. The molecule has 0 radical (unpaired) electrons. The molecule has 1 fully saturated rings. The second-order valence-corrected chi connectivity index (χ2v) is 7.76. The highest BCUT2D eigenvalue weighted by Gasteiger charge is 2.25. The van der Waals surface area contributed by atoms with Crippen LogP contribution in [0.25, 0.3) is 0 Å². The number of carbonyl (C=O) groups excluding carboxylic acids is 1. The summed E-state index contributed by atoms with van der Waals surface area (Å²) in [6.07, 6.45) is 9.72. The van der Waals surface area contributed by atoms with Gasteiger partial charge < -0.3 is 9.47 Å². The lowest BCUT2D eigenvalue weighted by Crippen LogP contribution is -2.41. The summed E-state index contributed by atoms with van der Waals surface area (Å²) >= 11 is 6.12. The third-order valence-electron chi connectivity index (χ3n) is 5.30. The topological polar surface area (TPSA) is 25.2 Å². The van der Waals surface area contributed by atoms with Crippen LogP contribution in [0, 0.1) is 0 Å². The molecule has 1 heterocycles. The third-order valence-corrected chi connectivity index (χ3v) is 5.53. The Labute approximate surface area is 162 Å². The van der Waals surface area contributed by atoms with Crippen LogP contribution in [0.3, 0.4) is 0 Å². The van der Waals surface area contributed by atoms with Crippen LogP contribution in [0.5, 0.6) is 0 Å². The first kappa shape index (κ1) is 19.0. The fourth-order valence-electron chi connectivity index (χ4n) is 3.92. The monoisotopic (exact) mass is 372 g/mol. The van der Waals surface area contributed by atoms with Gasteiger partial charge in [0.05, 0.1) is 6.54 Å². The van der Waals surface area contributed by atoms with Gasteiger partial charge in [-0.2, -0.15) is 0 Å². The zero-order valence-electron chi connectivity index (χ0n) is 15.7. The zero-order chi connectivity index (χ0) is 18.4. The van der Waals surface area contributed by atoms with E-state index in [4.69, 9.17) is 11.6 Å². The minimum Gasteiger partial charge on any atom is -0.345 e. The summed E-state index contributed by atoms with van der Waals surface area (Å²) in [7, 11) is 0. The van der Waals surface area contributed by atoms with Crippen molar-refractivity contribution in [3.63, 3.8) is 0 Å². The Morgan fingerprint density at radius 1 is 1.19 bits per heavy atom. The molecule has 3 rings (SSSR count). The smallest absolute Gasteiger partial charge is 0.223 e. The average molecular weight is 373 g/mol. The summed E-state index contributed by atoms with van der Waals surface area (Å²) < 4.78 is 2.24. The predicted octanol–water partition coefficient (Wildman–Crippen LogP) is 5.65. The van der Waals surface area contributed by atoms with E-state index in [2.05, 4.69) is 40.8 Å². The lowest BCUT2D eigenvalue weighted by Gasteiger charge is -2.35. The molecule has 1 aromatic heterocycles. The first-order valence-electron chi connectivity index (χ1n) is 9.85. The highest BCUT2D eigenvalue weighted by Crippen LogP contribution is 2.25. The Hall–Kier alpha value is -1.74. The number of halogens is 1. The van der Waals surface area contributed by atoms with Gasteiger partial charge >= 0.3 is 0 Å². The molecule has 140 valence electrons. The highest BCUT2D eigenvalue weighted by molar-refractivity contribution is 6.30. The molecule has 0 spiro atoms. The quantitative estimate of drug-likeness (QED) is 0.616. The number of aromatic nitrogens is 1. The Balaban J connectivity index is 1.76. The molecule has 1 aromatic carbocycles. The fraction of sp³-hybridized carbons (Fsp3) is 0.500. The van der Waals surface area contributed by atoms with Gasteiger partial charge in [0.15, 0.2) is 0 Å². The van der Waals surface area contributed by atoms with Gasteiger partial charge in [-0.05, 0) is 49.1 Å². The van der Waals surface area contributed by atoms with Crippen LogP contribution in [0.4, 0.5) is 0 Å². The maximum Gasteiger partial charge on any atom is 0.223 e. The first-order valence-corrected chi connectivity index (χ1v) is 10.2. The van der Waals surface area contributed by atoms with Crippen molar-refractivity contribution in [2.45, 2.75) is 71.0 Å². The van der Waals surface area contributed by atoms with E-state index < -0.39 is 0 Å². The second-order valence-electron chi connectivity index (χ2n) is 7.32. The van der Waals surface area contributed by atoms with Crippen LogP contribution in [0.15, 0.2) is 42.6 Å². The zero-order valence-corrected chi connectivity index (χ0v) is 16.4. The number of hydrogen-bond acceptors (Lipinski definition) is 1. The number of rotatable bonds is 7. The van der Waals surface area contributed by atoms with Crippen molar-refractivity contribution in [2.75, 3.05) is 0 Å². The summed E-state index contributed by atoms with van der Waals surface area (Å²) in [5, 5.41) is 0.762. The van der Waals surface area contributed by atoms with Gasteiger partial charge in [0.1, 0.15) is 0 Å². The standard InChI is InChI=1S/C22H29ClN2O/c1-2-8-22(26)25(20-11-4-3-5-12-20)17-21-13-7-14-24(21)16-18-9-6-10-19(23)15-18/h6-7,9-10,13-15,20H,2-5,8,11-12,16-17H2,1H3. The number of hydrogen-bond donors (Lipinski definition) is 0. The normalized spacial score (nSPS) is 15.2. The molecule has 4 heteroatoms. The minimum atomic E-state index is 0.301. The van der Waals surface area contributed by atoms with Gasteiger partial charge in [-0.1, -0.05) is 49.9 Å². The van der Waals surface area contributed by atoms with Gasteiger partial charge in [0.2, 0.25) is 5.91 Å². The summed E-state index contributed by atoms with van der Waals surface area (Å²) in [5.41, 5.74) is 2.37. The molecule has 0 saturated heterocycles. The third kappa shape index (κ3) is 4.91. The number of amides is 1. The number of nitrogens with zero attached hydrogens (tertiary/aromatic N) is 2. The second kappa shape index (κ2) is 9.27. The molecule has 2 aromatic rings. The van der Waals surface area contributed by atoms with Crippen LogP contribution in [-0.2, 0) is 17.9 Å². The van der Waals surface area contributed by atoms with E-state index in [-0.39, 0.29) is 0 Å². The van der Waals surface area contributed by atoms with E-state index in [1.165, 1.54) is 30.5 Å². The van der Waals surface area contributed by atoms with Gasteiger partial charge in [-0.3, -0.25) is 4.79 Å². The van der Waals surface area contributed by atoms with E-state index in [1.807, 2.05) is 18.2 Å². The first-order chi connectivity index (χ1) is 12.7. The molecule has 0 atom stereocenters. The lowest BCUT2D eigenvalue weighted by molar-refractivity contribution is -0.135. The van der Waals surface area contributed by atoms with Crippen molar-refractivity contribution in [3.8, 4) is 0 Å². The van der Waals surface area contributed by atoms with Gasteiger partial charge in [0.25, 0.3) is 0 Å². The van der Waals surface area contributed by atoms with Crippen LogP contribution >= 0.6 is 11.6 Å². The lowest BCUT2D eigenvalue weighted by atomic mass is 9.93.